The van der Waals surface area contributed by atoms with Crippen LogP contribution in [0, 0.1) is 0 Å². The number of carbonyl (C=O) groups excluding carboxylic acids is 2. The number of imide groups is 1. The molecule has 0 saturated carbocycles. The first-order valence-corrected chi connectivity index (χ1v) is 12.6. The average Bonchev–Trinajstić information content (AvgIpc) is 2.86. The maximum Gasteiger partial charge on any atom is 0.286 e. The van der Waals surface area contributed by atoms with Crippen molar-refractivity contribution in [2.24, 2.45) is 0 Å². The van der Waals surface area contributed by atoms with E-state index in [4.69, 9.17) is 4.43 Å². The molecule has 0 bridgehead atoms. The lowest BCUT2D eigenvalue weighted by atomic mass is 10.0. The summed E-state index contributed by atoms with van der Waals surface area (Å²) in [6.45, 7) is 11.1. The van der Waals surface area contributed by atoms with Crippen LogP contribution in [0.15, 0.2) is 36.4 Å². The van der Waals surface area contributed by atoms with Crippen LogP contribution in [0.1, 0.15) is 26.3 Å². The van der Waals surface area contributed by atoms with E-state index in [0.717, 1.165) is 33.8 Å². The fourth-order valence-corrected chi connectivity index (χ4v) is 4.61. The third-order valence-electron chi connectivity index (χ3n) is 5.30. The number of carbonyl (C=O) groups is 2. The molecule has 0 aliphatic carbocycles. The summed E-state index contributed by atoms with van der Waals surface area (Å²) in [6, 6.07) is 12.2. The standard InChI is InChI=1S/C20H25NO3SSi/c1-20(2,3)26(4,5)24-17-14(12-16-18(22)21-19(23)25-16)11-10-13-8-6-7-9-15(13)17/h6-11,16H,12H2,1-5H3,(H,21,22,23). The van der Waals surface area contributed by atoms with Crippen molar-refractivity contribution in [1.82, 2.24) is 5.32 Å². The van der Waals surface area contributed by atoms with Crippen LogP contribution in [-0.4, -0.2) is 24.7 Å². The van der Waals surface area contributed by atoms with E-state index in [2.05, 4.69) is 57.4 Å². The van der Waals surface area contributed by atoms with Crippen molar-refractivity contribution in [1.29, 1.82) is 0 Å². The quantitative estimate of drug-likeness (QED) is 0.740. The van der Waals surface area contributed by atoms with Gasteiger partial charge in [0.15, 0.2) is 0 Å². The summed E-state index contributed by atoms with van der Waals surface area (Å²) >= 11 is 1.06. The van der Waals surface area contributed by atoms with Crippen LogP contribution in [0.3, 0.4) is 0 Å². The molecule has 0 aromatic heterocycles. The largest absolute Gasteiger partial charge is 0.543 e. The zero-order chi connectivity index (χ0) is 19.1. The second-order valence-electron chi connectivity index (χ2n) is 8.22. The highest BCUT2D eigenvalue weighted by molar-refractivity contribution is 8.15. The van der Waals surface area contributed by atoms with Gasteiger partial charge in [0.05, 0.1) is 5.25 Å². The van der Waals surface area contributed by atoms with Crippen LogP contribution >= 0.6 is 11.8 Å². The Morgan fingerprint density at radius 3 is 2.42 bits per heavy atom. The van der Waals surface area contributed by atoms with Crippen LogP contribution in [-0.2, 0) is 11.2 Å². The number of hydrogen-bond donors (Lipinski definition) is 1. The van der Waals surface area contributed by atoms with E-state index < -0.39 is 13.6 Å². The Bertz CT molecular complexity index is 873. The van der Waals surface area contributed by atoms with Crippen molar-refractivity contribution >= 4 is 42.0 Å². The molecule has 2 aromatic carbocycles. The van der Waals surface area contributed by atoms with Gasteiger partial charge in [0.25, 0.3) is 13.6 Å². The molecule has 3 rings (SSSR count). The van der Waals surface area contributed by atoms with E-state index in [1.54, 1.807) is 0 Å². The number of fused-ring (bicyclic) bond motifs is 1. The first kappa shape index (κ1) is 19.0. The third-order valence-corrected chi connectivity index (χ3v) is 10.6. The Morgan fingerprint density at radius 2 is 1.81 bits per heavy atom. The minimum absolute atomic E-state index is 0.0661. The molecule has 138 valence electrons. The Labute approximate surface area is 159 Å². The van der Waals surface area contributed by atoms with E-state index in [-0.39, 0.29) is 16.2 Å². The molecule has 1 aliphatic heterocycles. The van der Waals surface area contributed by atoms with Gasteiger partial charge < -0.3 is 4.43 Å². The molecule has 1 unspecified atom stereocenters. The van der Waals surface area contributed by atoms with Crippen molar-refractivity contribution < 1.29 is 14.0 Å². The SMILES string of the molecule is CC(C)(C)[Si](C)(C)Oc1c(CC2SC(=O)NC2=O)ccc2ccccc12. The highest BCUT2D eigenvalue weighted by atomic mass is 32.2. The topological polar surface area (TPSA) is 55.4 Å². The maximum absolute atomic E-state index is 12.0. The first-order valence-electron chi connectivity index (χ1n) is 8.79. The van der Waals surface area contributed by atoms with Crippen molar-refractivity contribution in [3.63, 3.8) is 0 Å². The summed E-state index contributed by atoms with van der Waals surface area (Å²) in [5.41, 5.74) is 0.982. The molecule has 26 heavy (non-hydrogen) atoms. The van der Waals surface area contributed by atoms with Crippen LogP contribution in [0.4, 0.5) is 4.79 Å². The fraction of sp³-hybridized carbons (Fsp3) is 0.400. The molecular weight excluding hydrogens is 362 g/mol. The van der Waals surface area contributed by atoms with Crippen molar-refractivity contribution in [2.45, 2.75) is 50.6 Å². The predicted molar refractivity (Wildman–Crippen MR) is 110 cm³/mol. The summed E-state index contributed by atoms with van der Waals surface area (Å²) in [7, 11) is -2.05. The van der Waals surface area contributed by atoms with Gasteiger partial charge in [0.2, 0.25) is 5.91 Å². The Morgan fingerprint density at radius 1 is 1.12 bits per heavy atom. The minimum atomic E-state index is -2.05. The summed E-state index contributed by atoms with van der Waals surface area (Å²) in [4.78, 5) is 23.5. The molecule has 2 amide bonds. The molecule has 4 nitrogen and oxygen atoms in total. The Kier molecular flexibility index (Phi) is 4.92. The Balaban J connectivity index is 2.05. The lowest BCUT2D eigenvalue weighted by molar-refractivity contribution is -0.118. The van der Waals surface area contributed by atoms with Crippen LogP contribution in [0.5, 0.6) is 5.75 Å². The third kappa shape index (κ3) is 3.66. The highest BCUT2D eigenvalue weighted by Gasteiger charge is 2.40. The van der Waals surface area contributed by atoms with Gasteiger partial charge in [-0.1, -0.05) is 68.9 Å². The highest BCUT2D eigenvalue weighted by Crippen LogP contribution is 2.41. The number of rotatable bonds is 4. The predicted octanol–water partition coefficient (Wildman–Crippen LogP) is 5.12. The van der Waals surface area contributed by atoms with E-state index in [1.165, 1.54) is 0 Å². The lowest BCUT2D eigenvalue weighted by Crippen LogP contribution is -2.44. The van der Waals surface area contributed by atoms with Gasteiger partial charge in [0.1, 0.15) is 5.75 Å². The van der Waals surface area contributed by atoms with Gasteiger partial charge in [-0.05, 0) is 35.5 Å². The van der Waals surface area contributed by atoms with E-state index in [1.807, 2.05) is 18.2 Å². The average molecular weight is 388 g/mol. The summed E-state index contributed by atoms with van der Waals surface area (Å²) < 4.78 is 6.70. The van der Waals surface area contributed by atoms with Crippen LogP contribution in [0.2, 0.25) is 18.1 Å². The zero-order valence-corrected chi connectivity index (χ0v) is 17.7. The molecule has 1 atom stereocenters. The maximum atomic E-state index is 12.0. The Hall–Kier alpha value is -1.79. The molecule has 0 radical (unpaired) electrons. The summed E-state index contributed by atoms with van der Waals surface area (Å²) in [6.07, 6.45) is 0.483. The van der Waals surface area contributed by atoms with Gasteiger partial charge in [-0.2, -0.15) is 0 Å². The molecule has 1 saturated heterocycles. The molecule has 0 spiro atoms. The van der Waals surface area contributed by atoms with Gasteiger partial charge in [-0.15, -0.1) is 0 Å². The zero-order valence-electron chi connectivity index (χ0n) is 15.9. The van der Waals surface area contributed by atoms with Gasteiger partial charge in [-0.3, -0.25) is 14.9 Å². The van der Waals surface area contributed by atoms with Crippen molar-refractivity contribution in [2.75, 3.05) is 0 Å². The minimum Gasteiger partial charge on any atom is -0.543 e. The van der Waals surface area contributed by atoms with E-state index in [9.17, 15) is 9.59 Å². The molecule has 2 aromatic rings. The molecule has 1 heterocycles. The molecule has 1 aliphatic rings. The molecule has 6 heteroatoms. The lowest BCUT2D eigenvalue weighted by Gasteiger charge is -2.37. The van der Waals surface area contributed by atoms with E-state index >= 15 is 0 Å². The molecule has 1 fully saturated rings. The second kappa shape index (κ2) is 6.74. The second-order valence-corrected chi connectivity index (χ2v) is 14.1. The smallest absolute Gasteiger partial charge is 0.286 e. The first-order chi connectivity index (χ1) is 12.1. The number of thioether (sulfide) groups is 1. The van der Waals surface area contributed by atoms with Crippen molar-refractivity contribution in [3.8, 4) is 5.75 Å². The van der Waals surface area contributed by atoms with Crippen LogP contribution < -0.4 is 9.74 Å². The van der Waals surface area contributed by atoms with E-state index in [0.29, 0.717) is 6.42 Å². The fourth-order valence-electron chi connectivity index (χ4n) is 2.71. The van der Waals surface area contributed by atoms with Crippen LogP contribution in [0.25, 0.3) is 10.8 Å². The monoisotopic (exact) mass is 387 g/mol. The van der Waals surface area contributed by atoms with Crippen molar-refractivity contribution in [3.05, 3.63) is 42.0 Å². The number of amides is 2. The molecule has 1 N–H and O–H groups in total. The summed E-state index contributed by atoms with van der Waals surface area (Å²) in [5, 5.41) is 3.94. The van der Waals surface area contributed by atoms with Gasteiger partial charge in [0, 0.05) is 5.39 Å². The number of benzene rings is 2. The van der Waals surface area contributed by atoms with Gasteiger partial charge in [-0.25, -0.2) is 0 Å². The number of hydrogen-bond acceptors (Lipinski definition) is 4. The number of nitrogens with one attached hydrogen (secondary N) is 1. The van der Waals surface area contributed by atoms with Gasteiger partial charge >= 0.3 is 0 Å². The summed E-state index contributed by atoms with van der Waals surface area (Å²) in [5.74, 6) is 0.647. The molecular formula is C20H25NO3SSi. The normalized spacial score (nSPS) is 18.3.